The molecule has 0 aliphatic carbocycles. The Kier molecular flexibility index (Phi) is 2.66. The molecule has 0 bridgehead atoms. The second kappa shape index (κ2) is 3.56. The molecule has 0 amide bonds. The first kappa shape index (κ1) is 9.71. The second-order valence-corrected chi connectivity index (χ2v) is 2.91. The minimum atomic E-state index is -0.390. The fourth-order valence-electron chi connectivity index (χ4n) is 1.22. The van der Waals surface area contributed by atoms with Crippen LogP contribution in [-0.2, 0) is 11.2 Å². The van der Waals surface area contributed by atoms with Crippen molar-refractivity contribution < 1.29 is 4.74 Å². The average molecular weight is 180 g/mol. The van der Waals surface area contributed by atoms with E-state index in [1.165, 1.54) is 0 Å². The maximum absolute atomic E-state index is 11.0. The summed E-state index contributed by atoms with van der Waals surface area (Å²) >= 11 is 0. The molecule has 0 heterocycles. The van der Waals surface area contributed by atoms with Crippen LogP contribution in [0.5, 0.6) is 0 Å². The van der Waals surface area contributed by atoms with Crippen LogP contribution in [0.15, 0.2) is 21.9 Å². The van der Waals surface area contributed by atoms with Gasteiger partial charge < -0.3 is 4.74 Å². The summed E-state index contributed by atoms with van der Waals surface area (Å²) in [6, 6.07) is 0. The summed E-state index contributed by atoms with van der Waals surface area (Å²) < 4.78 is 5.09. The molecule has 0 aliphatic heterocycles. The number of ether oxygens (including phenoxy) is 1. The van der Waals surface area contributed by atoms with Crippen LogP contribution in [-0.4, -0.2) is 6.61 Å². The van der Waals surface area contributed by atoms with Crippen molar-refractivity contribution in [2.45, 2.75) is 20.3 Å². The molecule has 0 fully saturated rings. The van der Waals surface area contributed by atoms with E-state index >= 15 is 0 Å². The SMILES string of the molecule is C=C(Cc1c(C)c(=O)c1=O)OCC. The first-order valence-corrected chi connectivity index (χ1v) is 4.17. The zero-order valence-electron chi connectivity index (χ0n) is 7.85. The molecule has 3 nitrogen and oxygen atoms in total. The third kappa shape index (κ3) is 1.69. The van der Waals surface area contributed by atoms with Crippen molar-refractivity contribution in [1.29, 1.82) is 0 Å². The van der Waals surface area contributed by atoms with E-state index in [1.807, 2.05) is 6.92 Å². The summed E-state index contributed by atoms with van der Waals surface area (Å²) in [6.07, 6.45) is 0.365. The molecule has 70 valence electrons. The molecule has 0 saturated carbocycles. The van der Waals surface area contributed by atoms with Crippen molar-refractivity contribution >= 4 is 0 Å². The lowest BCUT2D eigenvalue weighted by Gasteiger charge is -2.09. The lowest BCUT2D eigenvalue weighted by molar-refractivity contribution is 0.224. The molecule has 0 saturated heterocycles. The molecule has 0 N–H and O–H groups in total. The van der Waals surface area contributed by atoms with Crippen molar-refractivity contribution in [2.75, 3.05) is 6.61 Å². The van der Waals surface area contributed by atoms with E-state index in [2.05, 4.69) is 6.58 Å². The summed E-state index contributed by atoms with van der Waals surface area (Å²) in [5.74, 6) is 0.540. The van der Waals surface area contributed by atoms with Gasteiger partial charge in [-0.25, -0.2) is 0 Å². The number of allylic oxidation sites excluding steroid dienone is 1. The summed E-state index contributed by atoms with van der Waals surface area (Å²) in [4.78, 5) is 21.8. The van der Waals surface area contributed by atoms with Crippen LogP contribution >= 0.6 is 0 Å². The van der Waals surface area contributed by atoms with Crippen LogP contribution in [0.3, 0.4) is 0 Å². The molecule has 13 heavy (non-hydrogen) atoms. The molecule has 0 radical (unpaired) electrons. The normalized spacial score (nSPS) is 10.3. The third-order valence-corrected chi connectivity index (χ3v) is 2.00. The van der Waals surface area contributed by atoms with E-state index in [-0.39, 0.29) is 5.43 Å². The molecular weight excluding hydrogens is 168 g/mol. The predicted octanol–water partition coefficient (Wildman–Crippen LogP) is 0.684. The van der Waals surface area contributed by atoms with Gasteiger partial charge in [0.05, 0.1) is 12.4 Å². The summed E-state index contributed by atoms with van der Waals surface area (Å²) in [5.41, 5.74) is 0.326. The van der Waals surface area contributed by atoms with E-state index in [9.17, 15) is 9.59 Å². The Morgan fingerprint density at radius 2 is 2.00 bits per heavy atom. The second-order valence-electron chi connectivity index (χ2n) is 2.91. The van der Waals surface area contributed by atoms with Gasteiger partial charge in [0.2, 0.25) is 10.9 Å². The van der Waals surface area contributed by atoms with Crippen LogP contribution in [0.2, 0.25) is 0 Å². The van der Waals surface area contributed by atoms with Gasteiger partial charge in [0.1, 0.15) is 0 Å². The Hall–Kier alpha value is -1.38. The predicted molar refractivity (Wildman–Crippen MR) is 50.6 cm³/mol. The van der Waals surface area contributed by atoms with E-state index in [1.54, 1.807) is 6.92 Å². The molecule has 0 aliphatic rings. The molecule has 0 atom stereocenters. The highest BCUT2D eigenvalue weighted by atomic mass is 16.5. The monoisotopic (exact) mass is 180 g/mol. The zero-order chi connectivity index (χ0) is 10.0. The molecule has 1 aromatic rings. The minimum absolute atomic E-state index is 0.365. The standard InChI is InChI=1S/C10H12O3/c1-4-13-6(2)5-8-7(3)9(11)10(8)12/h2,4-5H2,1,3H3. The maximum Gasteiger partial charge on any atom is 0.230 e. The van der Waals surface area contributed by atoms with Gasteiger partial charge in [0.15, 0.2) is 0 Å². The van der Waals surface area contributed by atoms with Gasteiger partial charge in [-0.2, -0.15) is 0 Å². The van der Waals surface area contributed by atoms with Crippen LogP contribution in [0.25, 0.3) is 0 Å². The number of rotatable bonds is 4. The molecule has 1 rings (SSSR count). The van der Waals surface area contributed by atoms with Crippen LogP contribution in [0.1, 0.15) is 18.1 Å². The van der Waals surface area contributed by atoms with Crippen molar-refractivity contribution in [3.8, 4) is 0 Å². The van der Waals surface area contributed by atoms with Gasteiger partial charge in [-0.15, -0.1) is 0 Å². The molecule has 0 aromatic heterocycles. The molecule has 0 spiro atoms. The highest BCUT2D eigenvalue weighted by molar-refractivity contribution is 5.33. The van der Waals surface area contributed by atoms with Crippen LogP contribution in [0.4, 0.5) is 0 Å². The third-order valence-electron chi connectivity index (χ3n) is 2.00. The lowest BCUT2D eigenvalue weighted by atomic mass is 9.99. The summed E-state index contributed by atoms with van der Waals surface area (Å²) in [6.45, 7) is 7.67. The van der Waals surface area contributed by atoms with Crippen molar-refractivity contribution in [3.05, 3.63) is 43.9 Å². The average Bonchev–Trinajstić information content (AvgIpc) is 2.13. The van der Waals surface area contributed by atoms with Gasteiger partial charge in [-0.1, -0.05) is 6.58 Å². The summed E-state index contributed by atoms with van der Waals surface area (Å²) in [7, 11) is 0. The Morgan fingerprint density at radius 3 is 2.46 bits per heavy atom. The van der Waals surface area contributed by atoms with E-state index in [0.717, 1.165) is 0 Å². The van der Waals surface area contributed by atoms with E-state index in [0.29, 0.717) is 29.9 Å². The van der Waals surface area contributed by atoms with Gasteiger partial charge >= 0.3 is 0 Å². The first-order chi connectivity index (χ1) is 6.07. The summed E-state index contributed by atoms with van der Waals surface area (Å²) in [5, 5.41) is 0. The molecule has 0 unspecified atom stereocenters. The Balaban J connectivity index is 2.72. The van der Waals surface area contributed by atoms with Gasteiger partial charge in [0.25, 0.3) is 0 Å². The Morgan fingerprint density at radius 1 is 1.38 bits per heavy atom. The number of hydrogen-bond acceptors (Lipinski definition) is 3. The quantitative estimate of drug-likeness (QED) is 0.505. The molecule has 1 aromatic carbocycles. The maximum atomic E-state index is 11.0. The van der Waals surface area contributed by atoms with Crippen molar-refractivity contribution in [1.82, 2.24) is 0 Å². The highest BCUT2D eigenvalue weighted by Gasteiger charge is 2.17. The van der Waals surface area contributed by atoms with E-state index in [4.69, 9.17) is 4.74 Å². The van der Waals surface area contributed by atoms with Crippen molar-refractivity contribution in [2.24, 2.45) is 0 Å². The van der Waals surface area contributed by atoms with Crippen molar-refractivity contribution in [3.63, 3.8) is 0 Å². The van der Waals surface area contributed by atoms with E-state index < -0.39 is 5.43 Å². The fraction of sp³-hybridized carbons (Fsp3) is 0.400. The van der Waals surface area contributed by atoms with Gasteiger partial charge in [-0.05, 0) is 13.8 Å². The topological polar surface area (TPSA) is 43.4 Å². The fourth-order valence-corrected chi connectivity index (χ4v) is 1.22. The minimum Gasteiger partial charge on any atom is -0.498 e. The molecule has 3 heteroatoms. The smallest absolute Gasteiger partial charge is 0.230 e. The largest absolute Gasteiger partial charge is 0.498 e. The number of hydrogen-bond donors (Lipinski definition) is 0. The lowest BCUT2D eigenvalue weighted by Crippen LogP contribution is -2.38. The Bertz CT molecular complexity index is 394. The van der Waals surface area contributed by atoms with Crippen LogP contribution < -0.4 is 10.9 Å². The molecular formula is C10H12O3. The first-order valence-electron chi connectivity index (χ1n) is 4.17. The zero-order valence-corrected chi connectivity index (χ0v) is 7.85. The van der Waals surface area contributed by atoms with Crippen LogP contribution in [0, 0.1) is 6.92 Å². The van der Waals surface area contributed by atoms with Gasteiger partial charge in [0, 0.05) is 17.5 Å². The highest BCUT2D eigenvalue weighted by Crippen LogP contribution is 2.06. The Labute approximate surface area is 76.3 Å². The van der Waals surface area contributed by atoms with Gasteiger partial charge in [-0.3, -0.25) is 9.59 Å².